The third kappa shape index (κ3) is 4.05. The van der Waals surface area contributed by atoms with Crippen molar-refractivity contribution in [1.82, 2.24) is 9.97 Å². The highest BCUT2D eigenvalue weighted by molar-refractivity contribution is 6.00. The van der Waals surface area contributed by atoms with Gasteiger partial charge < -0.3 is 24.4 Å². The van der Waals surface area contributed by atoms with Crippen LogP contribution in [-0.4, -0.2) is 36.3 Å². The average molecular weight is 337 g/mol. The van der Waals surface area contributed by atoms with Crippen LogP contribution < -0.4 is 9.84 Å². The van der Waals surface area contributed by atoms with Crippen molar-refractivity contribution in [2.75, 3.05) is 20.3 Å². The number of fused-ring (bicyclic) bond motifs is 1. The van der Waals surface area contributed by atoms with E-state index in [0.717, 1.165) is 11.3 Å². The zero-order valence-electron chi connectivity index (χ0n) is 13.7. The minimum atomic E-state index is -1.24. The van der Waals surface area contributed by atoms with E-state index < -0.39 is 5.97 Å². The lowest BCUT2D eigenvalue weighted by Crippen LogP contribution is -2.22. The molecule has 2 aromatic carbocycles. The number of hydrogen-bond donors (Lipinski definition) is 1. The maximum absolute atomic E-state index is 11.1. The molecule has 0 bridgehead atoms. The summed E-state index contributed by atoms with van der Waals surface area (Å²) in [5.74, 6) is 0.109. The van der Waals surface area contributed by atoms with Gasteiger partial charge in [-0.1, -0.05) is 30.3 Å². The Morgan fingerprint density at radius 2 is 1.96 bits per heavy atom. The number of aromatic amines is 1. The predicted molar refractivity (Wildman–Crippen MR) is 93.2 cm³/mol. The fraction of sp³-hybridized carbons (Fsp3) is 0.158. The molecule has 0 amide bonds. The highest BCUT2D eigenvalue weighted by Crippen LogP contribution is 2.18. The number of rotatable bonds is 7. The van der Waals surface area contributed by atoms with E-state index in [2.05, 4.69) is 9.97 Å². The van der Waals surface area contributed by atoms with Gasteiger partial charge in [-0.15, -0.1) is 0 Å². The van der Waals surface area contributed by atoms with Gasteiger partial charge in [0.2, 0.25) is 0 Å². The first-order valence-corrected chi connectivity index (χ1v) is 7.77. The zero-order valence-corrected chi connectivity index (χ0v) is 13.7. The summed E-state index contributed by atoms with van der Waals surface area (Å²) >= 11 is 0. The number of aromatic nitrogens is 2. The molecule has 0 atom stereocenters. The molecule has 3 aromatic rings. The van der Waals surface area contributed by atoms with E-state index in [9.17, 15) is 9.90 Å². The number of imidazole rings is 1. The molecule has 0 saturated carbocycles. The number of para-hydroxylation sites is 1. The average Bonchev–Trinajstić information content (AvgIpc) is 3.04. The maximum Gasteiger partial charge on any atom is 0.131 e. The van der Waals surface area contributed by atoms with Crippen molar-refractivity contribution in [3.63, 3.8) is 0 Å². The summed E-state index contributed by atoms with van der Waals surface area (Å²) in [6.45, 7) is 1.05. The maximum atomic E-state index is 11.1. The number of benzene rings is 2. The van der Waals surface area contributed by atoms with Gasteiger partial charge in [0.15, 0.2) is 0 Å². The van der Waals surface area contributed by atoms with Crippen LogP contribution in [0, 0.1) is 0 Å². The van der Waals surface area contributed by atoms with E-state index in [4.69, 9.17) is 9.47 Å². The van der Waals surface area contributed by atoms with Crippen LogP contribution in [0.4, 0.5) is 0 Å². The molecule has 0 radical (unpaired) electrons. The summed E-state index contributed by atoms with van der Waals surface area (Å²) in [7, 11) is 1.63. The molecule has 0 aliphatic heterocycles. The second-order valence-corrected chi connectivity index (χ2v) is 5.35. The fourth-order valence-corrected chi connectivity index (χ4v) is 2.39. The number of nitrogens with one attached hydrogen (secondary N) is 1. The number of carboxylic acids is 1. The molecule has 3 rings (SSSR count). The van der Waals surface area contributed by atoms with Gasteiger partial charge in [0, 0.05) is 12.7 Å². The third-order valence-corrected chi connectivity index (χ3v) is 3.62. The number of ether oxygens (including phenoxy) is 2. The number of nitrogens with zero attached hydrogens (tertiary/aromatic N) is 1. The van der Waals surface area contributed by atoms with Crippen LogP contribution >= 0.6 is 0 Å². The van der Waals surface area contributed by atoms with Crippen molar-refractivity contribution in [3.05, 3.63) is 59.4 Å². The molecule has 25 heavy (non-hydrogen) atoms. The Hall–Kier alpha value is -3.12. The standard InChI is InChI=1S/C19H18N2O4/c1-24-11-12-25-14-8-5-13(6-9-14)7-10-17-20-16-4-2-3-15(19(22)23)18(16)21-17/h2-10H,11-12H2,1H3,(H,20,21)(H,22,23)/p-1/b10-7+. The molecule has 1 N–H and O–H groups in total. The van der Waals surface area contributed by atoms with Gasteiger partial charge in [0.05, 0.1) is 23.6 Å². The number of H-pyrrole nitrogens is 1. The Morgan fingerprint density at radius 1 is 1.16 bits per heavy atom. The number of carboxylic acid groups (broad SMARTS) is 1. The van der Waals surface area contributed by atoms with Crippen LogP contribution in [0.2, 0.25) is 0 Å². The van der Waals surface area contributed by atoms with Gasteiger partial charge in [-0.25, -0.2) is 4.98 Å². The molecule has 1 heterocycles. The zero-order chi connectivity index (χ0) is 17.6. The second-order valence-electron chi connectivity index (χ2n) is 5.35. The van der Waals surface area contributed by atoms with Crippen LogP contribution in [0.3, 0.4) is 0 Å². The number of aromatic carboxylic acids is 1. The van der Waals surface area contributed by atoms with E-state index in [1.807, 2.05) is 30.3 Å². The van der Waals surface area contributed by atoms with Crippen LogP contribution in [0.25, 0.3) is 23.2 Å². The number of methoxy groups -OCH3 is 1. The first-order valence-electron chi connectivity index (χ1n) is 7.77. The molecule has 6 nitrogen and oxygen atoms in total. The van der Waals surface area contributed by atoms with Gasteiger partial charge in [-0.3, -0.25) is 0 Å². The molecular formula is C19H17N2O4-. The molecule has 6 heteroatoms. The lowest BCUT2D eigenvalue weighted by molar-refractivity contribution is -0.254. The molecule has 0 aliphatic carbocycles. The predicted octanol–water partition coefficient (Wildman–Crippen LogP) is 2.12. The fourth-order valence-electron chi connectivity index (χ4n) is 2.39. The van der Waals surface area contributed by atoms with E-state index in [0.29, 0.717) is 30.1 Å². The topological polar surface area (TPSA) is 87.3 Å². The van der Waals surface area contributed by atoms with Crippen molar-refractivity contribution in [1.29, 1.82) is 0 Å². The Labute approximate surface area is 144 Å². The van der Waals surface area contributed by atoms with Crippen LogP contribution in [0.1, 0.15) is 21.7 Å². The van der Waals surface area contributed by atoms with E-state index in [-0.39, 0.29) is 5.56 Å². The summed E-state index contributed by atoms with van der Waals surface area (Å²) in [5, 5.41) is 11.1. The number of carbonyl (C=O) groups excluding carboxylic acids is 1. The molecule has 1 aromatic heterocycles. The highest BCUT2D eigenvalue weighted by Gasteiger charge is 2.06. The minimum Gasteiger partial charge on any atom is -0.545 e. The molecule has 128 valence electrons. The Balaban J connectivity index is 1.74. The monoisotopic (exact) mass is 337 g/mol. The van der Waals surface area contributed by atoms with Crippen LogP contribution in [0.15, 0.2) is 42.5 Å². The summed E-state index contributed by atoms with van der Waals surface area (Å²) in [6.07, 6.45) is 3.68. The molecule has 0 aliphatic rings. The second kappa shape index (κ2) is 7.63. The van der Waals surface area contributed by atoms with Crippen molar-refractivity contribution in [2.24, 2.45) is 0 Å². The summed E-state index contributed by atoms with van der Waals surface area (Å²) in [5.41, 5.74) is 2.10. The van der Waals surface area contributed by atoms with Crippen molar-refractivity contribution >= 4 is 29.2 Å². The van der Waals surface area contributed by atoms with Gasteiger partial charge >= 0.3 is 0 Å². The van der Waals surface area contributed by atoms with Gasteiger partial charge in [-0.05, 0) is 29.8 Å². The Kier molecular flexibility index (Phi) is 5.11. The summed E-state index contributed by atoms with van der Waals surface area (Å²) < 4.78 is 10.4. The highest BCUT2D eigenvalue weighted by atomic mass is 16.5. The normalized spacial score (nSPS) is 11.2. The van der Waals surface area contributed by atoms with E-state index in [1.54, 1.807) is 25.3 Å². The molecule has 0 spiro atoms. The Morgan fingerprint density at radius 3 is 2.68 bits per heavy atom. The first kappa shape index (κ1) is 16.7. The van der Waals surface area contributed by atoms with Crippen LogP contribution in [0.5, 0.6) is 5.75 Å². The first-order chi connectivity index (χ1) is 12.2. The molecule has 0 fully saturated rings. The van der Waals surface area contributed by atoms with Gasteiger partial charge in [0.1, 0.15) is 18.2 Å². The molecular weight excluding hydrogens is 320 g/mol. The van der Waals surface area contributed by atoms with Gasteiger partial charge in [0.25, 0.3) is 0 Å². The lowest BCUT2D eigenvalue weighted by Gasteiger charge is -2.05. The number of hydrogen-bond acceptors (Lipinski definition) is 5. The molecule has 0 unspecified atom stereocenters. The van der Waals surface area contributed by atoms with E-state index in [1.165, 1.54) is 6.07 Å². The van der Waals surface area contributed by atoms with E-state index >= 15 is 0 Å². The van der Waals surface area contributed by atoms with Crippen LogP contribution in [-0.2, 0) is 4.74 Å². The quantitative estimate of drug-likeness (QED) is 0.667. The van der Waals surface area contributed by atoms with Gasteiger partial charge in [-0.2, -0.15) is 0 Å². The Bertz CT molecular complexity index is 897. The summed E-state index contributed by atoms with van der Waals surface area (Å²) in [6, 6.07) is 12.5. The van der Waals surface area contributed by atoms with Crippen molar-refractivity contribution in [2.45, 2.75) is 0 Å². The van der Waals surface area contributed by atoms with Crippen molar-refractivity contribution in [3.8, 4) is 5.75 Å². The largest absolute Gasteiger partial charge is 0.545 e. The number of carbonyl (C=O) groups is 1. The lowest BCUT2D eigenvalue weighted by atomic mass is 10.2. The third-order valence-electron chi connectivity index (χ3n) is 3.62. The minimum absolute atomic E-state index is 0.0750. The van der Waals surface area contributed by atoms with Crippen molar-refractivity contribution < 1.29 is 19.4 Å². The summed E-state index contributed by atoms with van der Waals surface area (Å²) in [4.78, 5) is 18.5. The molecule has 0 saturated heterocycles. The smallest absolute Gasteiger partial charge is 0.131 e. The SMILES string of the molecule is COCCOc1ccc(/C=C/c2nc3c(C(=O)[O-])cccc3[nH]2)cc1.